The number of aromatic hydroxyl groups is 1. The molecule has 0 aliphatic rings. The normalized spacial score (nSPS) is 12.9. The van der Waals surface area contributed by atoms with Crippen molar-refractivity contribution < 1.29 is 23.1 Å². The number of sulfone groups is 1. The molecular weight excluding hydrogens is 522 g/mol. The molecule has 3 aromatic rings. The number of hydrogen-bond acceptors (Lipinski definition) is 5. The molecule has 0 heterocycles. The van der Waals surface area contributed by atoms with Crippen molar-refractivity contribution in [3.63, 3.8) is 0 Å². The number of carbonyl (C=O) groups is 1. The zero-order chi connectivity index (χ0) is 28.8. The minimum absolute atomic E-state index is 0.00290. The largest absolute Gasteiger partial charge is 0.508 e. The summed E-state index contributed by atoms with van der Waals surface area (Å²) in [6.45, 7) is 6.22. The van der Waals surface area contributed by atoms with Gasteiger partial charge in [-0.1, -0.05) is 89.1 Å². The maximum atomic E-state index is 13.4. The molecule has 6 nitrogen and oxygen atoms in total. The van der Waals surface area contributed by atoms with E-state index in [2.05, 4.69) is 19.2 Å². The molecular formula is C33H42NO5S. The van der Waals surface area contributed by atoms with E-state index in [0.29, 0.717) is 18.6 Å². The highest BCUT2D eigenvalue weighted by Gasteiger charge is 2.24. The van der Waals surface area contributed by atoms with Crippen LogP contribution in [0.3, 0.4) is 0 Å². The molecule has 0 saturated heterocycles. The standard InChI is InChI=1S/C33H42NO5S/c1-3-5-6-7-8-9-10-14-17-32(33(36)34-31(4-2)26-15-12-11-13-16-26)39-28-20-24-30(25-21-28)40(37,38)29-22-18-27(35)19-23-29/h11-13,15-16,18-25,31-32,35H,2-10,14,17H2,1H3,(H,34,36). The van der Waals surface area contributed by atoms with Gasteiger partial charge < -0.3 is 15.2 Å². The Bertz CT molecular complexity index is 1260. The van der Waals surface area contributed by atoms with Crippen molar-refractivity contribution in [2.75, 3.05) is 0 Å². The Hall–Kier alpha value is -3.32. The highest BCUT2D eigenvalue weighted by molar-refractivity contribution is 7.91. The van der Waals surface area contributed by atoms with E-state index in [9.17, 15) is 18.3 Å². The molecule has 0 saturated carbocycles. The summed E-state index contributed by atoms with van der Waals surface area (Å²) in [5.74, 6) is 0.216. The second-order valence-electron chi connectivity index (χ2n) is 10.1. The van der Waals surface area contributed by atoms with Crippen LogP contribution < -0.4 is 10.1 Å². The van der Waals surface area contributed by atoms with Gasteiger partial charge in [-0.2, -0.15) is 0 Å². The van der Waals surface area contributed by atoms with Gasteiger partial charge >= 0.3 is 0 Å². The van der Waals surface area contributed by atoms with Crippen molar-refractivity contribution in [1.29, 1.82) is 0 Å². The predicted octanol–water partition coefficient (Wildman–Crippen LogP) is 7.58. The van der Waals surface area contributed by atoms with Crippen LogP contribution in [0.25, 0.3) is 0 Å². The van der Waals surface area contributed by atoms with Gasteiger partial charge in [-0.05, 0) is 73.4 Å². The Morgan fingerprint density at radius 2 is 1.38 bits per heavy atom. The molecule has 0 bridgehead atoms. The highest BCUT2D eigenvalue weighted by Crippen LogP contribution is 2.26. The van der Waals surface area contributed by atoms with E-state index >= 15 is 0 Å². The van der Waals surface area contributed by atoms with Crippen molar-refractivity contribution in [3.05, 3.63) is 91.3 Å². The Balaban J connectivity index is 1.68. The first-order chi connectivity index (χ1) is 19.3. The quantitative estimate of drug-likeness (QED) is 0.165. The number of phenolic OH excluding ortho intramolecular Hbond substituents is 1. The number of hydrogen-bond donors (Lipinski definition) is 2. The number of carbonyl (C=O) groups excluding carboxylic acids is 1. The van der Waals surface area contributed by atoms with Crippen LogP contribution in [0.4, 0.5) is 0 Å². The molecule has 1 amide bonds. The van der Waals surface area contributed by atoms with Gasteiger partial charge in [0, 0.05) is 0 Å². The van der Waals surface area contributed by atoms with Gasteiger partial charge in [-0.15, -0.1) is 0 Å². The Labute approximate surface area is 239 Å². The van der Waals surface area contributed by atoms with Crippen LogP contribution in [0.1, 0.15) is 82.7 Å². The average Bonchev–Trinajstić information content (AvgIpc) is 2.97. The van der Waals surface area contributed by atoms with Crippen molar-refractivity contribution in [2.24, 2.45) is 0 Å². The van der Waals surface area contributed by atoms with Crippen LogP contribution in [0.5, 0.6) is 11.5 Å². The van der Waals surface area contributed by atoms with E-state index < -0.39 is 15.9 Å². The van der Waals surface area contributed by atoms with Crippen LogP contribution >= 0.6 is 0 Å². The summed E-state index contributed by atoms with van der Waals surface area (Å²) >= 11 is 0. The molecule has 2 unspecified atom stereocenters. The number of phenols is 1. The van der Waals surface area contributed by atoms with Gasteiger partial charge in [0.05, 0.1) is 15.8 Å². The molecule has 3 rings (SSSR count). The lowest BCUT2D eigenvalue weighted by molar-refractivity contribution is -0.129. The fraction of sp³-hybridized carbons (Fsp3) is 0.394. The van der Waals surface area contributed by atoms with Crippen molar-refractivity contribution in [2.45, 2.75) is 93.1 Å². The number of unbranched alkanes of at least 4 members (excludes halogenated alkanes) is 7. The zero-order valence-corrected chi connectivity index (χ0v) is 24.2. The molecule has 0 aliphatic heterocycles. The van der Waals surface area contributed by atoms with Gasteiger partial charge in [0.15, 0.2) is 6.10 Å². The molecule has 215 valence electrons. The maximum absolute atomic E-state index is 13.4. The maximum Gasteiger partial charge on any atom is 0.261 e. The molecule has 2 atom stereocenters. The molecule has 7 heteroatoms. The SMILES string of the molecule is [CH2]CC(NC(=O)C(CCCCCCCCCC)Oc1ccc(S(=O)(=O)c2ccc(O)cc2)cc1)c1ccccc1. The first kappa shape index (κ1) is 31.2. The molecule has 0 fully saturated rings. The lowest BCUT2D eigenvalue weighted by atomic mass is 10.0. The number of nitrogens with one attached hydrogen (secondary N) is 1. The molecule has 1 radical (unpaired) electrons. The van der Waals surface area contributed by atoms with E-state index in [1.165, 1.54) is 68.5 Å². The fourth-order valence-corrected chi connectivity index (χ4v) is 5.86. The second kappa shape index (κ2) is 16.1. The van der Waals surface area contributed by atoms with E-state index in [1.807, 2.05) is 30.3 Å². The number of amides is 1. The van der Waals surface area contributed by atoms with Crippen LogP contribution in [0, 0.1) is 6.92 Å². The summed E-state index contributed by atoms with van der Waals surface area (Å²) in [7, 11) is -3.75. The fourth-order valence-electron chi connectivity index (χ4n) is 4.60. The van der Waals surface area contributed by atoms with Crippen LogP contribution in [0.2, 0.25) is 0 Å². The smallest absolute Gasteiger partial charge is 0.261 e. The topological polar surface area (TPSA) is 92.7 Å². The Kier molecular flexibility index (Phi) is 12.5. The van der Waals surface area contributed by atoms with E-state index in [1.54, 1.807) is 12.1 Å². The first-order valence-electron chi connectivity index (χ1n) is 14.3. The molecule has 0 aromatic heterocycles. The third kappa shape index (κ3) is 9.40. The summed E-state index contributed by atoms with van der Waals surface area (Å²) in [6.07, 6.45) is 9.61. The van der Waals surface area contributed by atoms with E-state index in [4.69, 9.17) is 4.74 Å². The van der Waals surface area contributed by atoms with Crippen molar-refractivity contribution in [1.82, 2.24) is 5.32 Å². The third-order valence-electron chi connectivity index (χ3n) is 6.98. The van der Waals surface area contributed by atoms with Crippen LogP contribution in [0.15, 0.2) is 88.7 Å². The van der Waals surface area contributed by atoms with Crippen LogP contribution in [-0.4, -0.2) is 25.5 Å². The second-order valence-corrected chi connectivity index (χ2v) is 12.0. The van der Waals surface area contributed by atoms with E-state index in [-0.39, 0.29) is 27.5 Å². The van der Waals surface area contributed by atoms with Gasteiger partial charge in [0.25, 0.3) is 5.91 Å². The van der Waals surface area contributed by atoms with Gasteiger partial charge in [0.2, 0.25) is 9.84 Å². The molecule has 40 heavy (non-hydrogen) atoms. The summed E-state index contributed by atoms with van der Waals surface area (Å²) in [4.78, 5) is 13.6. The van der Waals surface area contributed by atoms with Crippen molar-refractivity contribution in [3.8, 4) is 11.5 Å². The Morgan fingerprint density at radius 1 is 0.825 bits per heavy atom. The van der Waals surface area contributed by atoms with Gasteiger partial charge in [-0.3, -0.25) is 4.79 Å². The van der Waals surface area contributed by atoms with Crippen molar-refractivity contribution >= 4 is 15.7 Å². The number of rotatable bonds is 17. The number of ether oxygens (including phenoxy) is 1. The average molecular weight is 565 g/mol. The highest BCUT2D eigenvalue weighted by atomic mass is 32.2. The minimum Gasteiger partial charge on any atom is -0.508 e. The predicted molar refractivity (Wildman–Crippen MR) is 159 cm³/mol. The summed E-state index contributed by atoms with van der Waals surface area (Å²) in [5, 5.41) is 12.6. The lowest BCUT2D eigenvalue weighted by Crippen LogP contribution is -2.40. The molecule has 3 aromatic carbocycles. The summed E-state index contributed by atoms with van der Waals surface area (Å²) in [6, 6.07) is 21.1. The molecule has 0 spiro atoms. The summed E-state index contributed by atoms with van der Waals surface area (Å²) < 4.78 is 32.1. The zero-order valence-electron chi connectivity index (χ0n) is 23.4. The van der Waals surface area contributed by atoms with Gasteiger partial charge in [-0.25, -0.2) is 8.42 Å². The monoisotopic (exact) mass is 564 g/mol. The molecule has 2 N–H and O–H groups in total. The van der Waals surface area contributed by atoms with Crippen LogP contribution in [-0.2, 0) is 14.6 Å². The third-order valence-corrected chi connectivity index (χ3v) is 8.76. The molecule has 0 aliphatic carbocycles. The summed E-state index contributed by atoms with van der Waals surface area (Å²) in [5.41, 5.74) is 0.987. The minimum atomic E-state index is -3.75. The van der Waals surface area contributed by atoms with Gasteiger partial charge in [0.1, 0.15) is 11.5 Å². The number of benzene rings is 3. The first-order valence-corrected chi connectivity index (χ1v) is 15.8. The Morgan fingerprint density at radius 3 is 1.95 bits per heavy atom. The lowest BCUT2D eigenvalue weighted by Gasteiger charge is -2.23. The van der Waals surface area contributed by atoms with E-state index in [0.717, 1.165) is 24.8 Å².